The molecule has 0 saturated carbocycles. The number of hydrogen-bond acceptors (Lipinski definition) is 6. The lowest BCUT2D eigenvalue weighted by molar-refractivity contribution is 0.0627. The fraction of sp³-hybridized carbons (Fsp3) is 0.400. The van der Waals surface area contributed by atoms with Gasteiger partial charge in [-0.05, 0) is 31.0 Å². The fourth-order valence-corrected chi connectivity index (χ4v) is 3.76. The van der Waals surface area contributed by atoms with Gasteiger partial charge in [0.1, 0.15) is 5.69 Å². The molecule has 1 saturated heterocycles. The maximum atomic E-state index is 13.0. The molecule has 1 atom stereocenters. The van der Waals surface area contributed by atoms with Crippen molar-refractivity contribution in [3.63, 3.8) is 0 Å². The molecule has 2 aliphatic rings. The van der Waals surface area contributed by atoms with E-state index in [1.165, 1.54) is 19.0 Å². The molecule has 0 aliphatic carbocycles. The molecule has 0 bridgehead atoms. The largest absolute Gasteiger partial charge is 0.454 e. The summed E-state index contributed by atoms with van der Waals surface area (Å²) in [6.45, 7) is 0.830. The molecule has 152 valence electrons. The van der Waals surface area contributed by atoms with Gasteiger partial charge in [0.15, 0.2) is 17.3 Å². The zero-order valence-electron chi connectivity index (χ0n) is 16.2. The summed E-state index contributed by atoms with van der Waals surface area (Å²) in [5.41, 5.74) is -0.573. The summed E-state index contributed by atoms with van der Waals surface area (Å²) in [5, 5.41) is 0. The van der Waals surface area contributed by atoms with E-state index in [0.29, 0.717) is 36.4 Å². The number of ether oxygens (including phenoxy) is 2. The zero-order chi connectivity index (χ0) is 20.7. The number of amides is 1. The van der Waals surface area contributed by atoms with Crippen LogP contribution in [-0.4, -0.2) is 45.6 Å². The average Bonchev–Trinajstić information content (AvgIpc) is 3.21. The summed E-state index contributed by atoms with van der Waals surface area (Å²) in [6, 6.07) is 6.22. The van der Waals surface area contributed by atoms with Crippen LogP contribution in [0.2, 0.25) is 0 Å². The third-order valence-corrected chi connectivity index (χ3v) is 5.48. The van der Waals surface area contributed by atoms with Crippen LogP contribution in [0, 0.1) is 5.92 Å². The lowest BCUT2D eigenvalue weighted by atomic mass is 9.89. The first-order valence-electron chi connectivity index (χ1n) is 9.37. The molecule has 1 unspecified atom stereocenters. The summed E-state index contributed by atoms with van der Waals surface area (Å²) in [5.74, 6) is 0.282. The summed E-state index contributed by atoms with van der Waals surface area (Å²) in [4.78, 5) is 51.6. The Morgan fingerprint density at radius 3 is 2.59 bits per heavy atom. The molecule has 3 heterocycles. The second kappa shape index (κ2) is 7.23. The van der Waals surface area contributed by atoms with E-state index in [1.807, 2.05) is 0 Å². The van der Waals surface area contributed by atoms with Crippen LogP contribution >= 0.6 is 0 Å². The molecular weight excluding hydrogens is 378 g/mol. The van der Waals surface area contributed by atoms with Crippen molar-refractivity contribution in [3.05, 3.63) is 56.4 Å². The van der Waals surface area contributed by atoms with Crippen LogP contribution in [0.3, 0.4) is 0 Å². The molecule has 1 fully saturated rings. The van der Waals surface area contributed by atoms with Crippen molar-refractivity contribution in [1.82, 2.24) is 14.0 Å². The number of rotatable bonds is 3. The van der Waals surface area contributed by atoms with E-state index in [4.69, 9.17) is 9.47 Å². The number of Topliss-reactive ketones (excluding diaryl/α,β-unsaturated/α-hetero) is 1. The fourth-order valence-electron chi connectivity index (χ4n) is 3.76. The first kappa shape index (κ1) is 19.0. The first-order valence-corrected chi connectivity index (χ1v) is 9.37. The van der Waals surface area contributed by atoms with E-state index in [9.17, 15) is 19.2 Å². The number of ketones is 1. The minimum Gasteiger partial charge on any atom is -0.454 e. The van der Waals surface area contributed by atoms with Crippen LogP contribution in [0.25, 0.3) is 0 Å². The second-order valence-electron chi connectivity index (χ2n) is 7.29. The van der Waals surface area contributed by atoms with Gasteiger partial charge < -0.3 is 14.4 Å². The monoisotopic (exact) mass is 399 g/mol. The van der Waals surface area contributed by atoms with Crippen molar-refractivity contribution in [3.8, 4) is 11.5 Å². The summed E-state index contributed by atoms with van der Waals surface area (Å²) in [6.07, 6.45) is 1.32. The quantitative estimate of drug-likeness (QED) is 0.699. The standard InChI is InChI=1S/C20H21N3O6/c1-21-14(9-17(24)22(2)20(21)27)19(26)23-7-3-4-13(10-23)18(25)12-5-6-15-16(8-12)29-11-28-15/h5-6,8-9,13H,3-4,7,10-11H2,1-2H3. The van der Waals surface area contributed by atoms with Crippen LogP contribution < -0.4 is 20.7 Å². The highest BCUT2D eigenvalue weighted by atomic mass is 16.7. The van der Waals surface area contributed by atoms with E-state index < -0.39 is 17.2 Å². The minimum absolute atomic E-state index is 0.0225. The molecule has 0 N–H and O–H groups in total. The number of likely N-dealkylation sites (tertiary alicyclic amines) is 1. The Kier molecular flexibility index (Phi) is 4.73. The molecule has 1 amide bonds. The molecule has 9 heteroatoms. The van der Waals surface area contributed by atoms with Crippen molar-refractivity contribution < 1.29 is 19.1 Å². The summed E-state index contributed by atoms with van der Waals surface area (Å²) >= 11 is 0. The number of carbonyl (C=O) groups excluding carboxylic acids is 2. The Hall–Kier alpha value is -3.36. The highest BCUT2D eigenvalue weighted by molar-refractivity contribution is 5.99. The maximum absolute atomic E-state index is 13.0. The minimum atomic E-state index is -0.564. The third kappa shape index (κ3) is 3.32. The van der Waals surface area contributed by atoms with E-state index >= 15 is 0 Å². The predicted octanol–water partition coefficient (Wildman–Crippen LogP) is 0.548. The van der Waals surface area contributed by atoms with Gasteiger partial charge in [0.2, 0.25) is 6.79 Å². The smallest absolute Gasteiger partial charge is 0.331 e. The number of nitrogens with zero attached hydrogens (tertiary/aromatic N) is 3. The Labute approximate surface area is 166 Å². The van der Waals surface area contributed by atoms with E-state index in [0.717, 1.165) is 15.2 Å². The van der Waals surface area contributed by atoms with Crippen LogP contribution in [-0.2, 0) is 14.1 Å². The highest BCUT2D eigenvalue weighted by Crippen LogP contribution is 2.34. The normalized spacial score (nSPS) is 18.0. The SMILES string of the molecule is Cn1c(C(=O)N2CCCC(C(=O)c3ccc4c(c3)OCO4)C2)cc(=O)n(C)c1=O. The average molecular weight is 399 g/mol. The maximum Gasteiger partial charge on any atom is 0.331 e. The topological polar surface area (TPSA) is 99.8 Å². The van der Waals surface area contributed by atoms with Gasteiger partial charge in [0.25, 0.3) is 11.5 Å². The van der Waals surface area contributed by atoms with Crippen LogP contribution in [0.5, 0.6) is 11.5 Å². The van der Waals surface area contributed by atoms with Gasteiger partial charge in [-0.2, -0.15) is 0 Å². The van der Waals surface area contributed by atoms with Crippen LogP contribution in [0.4, 0.5) is 0 Å². The molecular formula is C20H21N3O6. The third-order valence-electron chi connectivity index (χ3n) is 5.48. The van der Waals surface area contributed by atoms with Crippen molar-refractivity contribution >= 4 is 11.7 Å². The number of carbonyl (C=O) groups is 2. The number of fused-ring (bicyclic) bond motifs is 1. The first-order chi connectivity index (χ1) is 13.9. The second-order valence-corrected chi connectivity index (χ2v) is 7.29. The van der Waals surface area contributed by atoms with E-state index in [-0.39, 0.29) is 30.7 Å². The molecule has 2 aromatic rings. The van der Waals surface area contributed by atoms with Gasteiger partial charge in [0, 0.05) is 44.7 Å². The van der Waals surface area contributed by atoms with E-state index in [2.05, 4.69) is 0 Å². The van der Waals surface area contributed by atoms with Crippen molar-refractivity contribution in [1.29, 1.82) is 0 Å². The van der Waals surface area contributed by atoms with Crippen molar-refractivity contribution in [2.24, 2.45) is 20.0 Å². The number of hydrogen-bond donors (Lipinski definition) is 0. The molecule has 0 radical (unpaired) electrons. The lowest BCUT2D eigenvalue weighted by Crippen LogP contribution is -2.46. The van der Waals surface area contributed by atoms with Gasteiger partial charge >= 0.3 is 5.69 Å². The molecule has 9 nitrogen and oxygen atoms in total. The van der Waals surface area contributed by atoms with Crippen LogP contribution in [0.1, 0.15) is 33.7 Å². The van der Waals surface area contributed by atoms with Crippen LogP contribution in [0.15, 0.2) is 33.9 Å². The Morgan fingerprint density at radius 1 is 1.03 bits per heavy atom. The van der Waals surface area contributed by atoms with Gasteiger partial charge in [-0.1, -0.05) is 0 Å². The van der Waals surface area contributed by atoms with Crippen molar-refractivity contribution in [2.75, 3.05) is 19.9 Å². The summed E-state index contributed by atoms with van der Waals surface area (Å²) in [7, 11) is 2.81. The molecule has 0 spiro atoms. The highest BCUT2D eigenvalue weighted by Gasteiger charge is 2.31. The Morgan fingerprint density at radius 2 is 1.79 bits per heavy atom. The molecule has 2 aliphatic heterocycles. The number of aromatic nitrogens is 2. The molecule has 4 rings (SSSR count). The summed E-state index contributed by atoms with van der Waals surface area (Å²) < 4.78 is 12.7. The molecule has 1 aromatic carbocycles. The zero-order valence-corrected chi connectivity index (χ0v) is 16.2. The number of benzene rings is 1. The van der Waals surface area contributed by atoms with Gasteiger partial charge in [0.05, 0.1) is 0 Å². The molecule has 29 heavy (non-hydrogen) atoms. The van der Waals surface area contributed by atoms with Gasteiger partial charge in [-0.15, -0.1) is 0 Å². The molecule has 1 aromatic heterocycles. The predicted molar refractivity (Wildman–Crippen MR) is 102 cm³/mol. The Balaban J connectivity index is 1.56. The Bertz CT molecular complexity index is 1120. The number of piperidine rings is 1. The van der Waals surface area contributed by atoms with Gasteiger partial charge in [-0.3, -0.25) is 23.5 Å². The lowest BCUT2D eigenvalue weighted by Gasteiger charge is -2.32. The van der Waals surface area contributed by atoms with Crippen molar-refractivity contribution in [2.45, 2.75) is 12.8 Å². The van der Waals surface area contributed by atoms with E-state index in [1.54, 1.807) is 18.2 Å². The van der Waals surface area contributed by atoms with Gasteiger partial charge in [-0.25, -0.2) is 4.79 Å².